The molecule has 1 saturated heterocycles. The summed E-state index contributed by atoms with van der Waals surface area (Å²) in [7, 11) is 0. The summed E-state index contributed by atoms with van der Waals surface area (Å²) in [5.41, 5.74) is 0. The van der Waals surface area contributed by atoms with Gasteiger partial charge in [0.25, 0.3) is 0 Å². The van der Waals surface area contributed by atoms with Gasteiger partial charge in [-0.2, -0.15) is 8.78 Å². The molecule has 1 aromatic rings. The van der Waals surface area contributed by atoms with E-state index >= 15 is 0 Å². The van der Waals surface area contributed by atoms with Crippen molar-refractivity contribution in [2.24, 2.45) is 0 Å². The second-order valence-electron chi connectivity index (χ2n) is 4.98. The molecule has 0 saturated carbocycles. The van der Waals surface area contributed by atoms with Crippen LogP contribution in [0.15, 0.2) is 30.3 Å². The lowest BCUT2D eigenvalue weighted by molar-refractivity contribution is -0.193. The minimum Gasteiger partial charge on any atom is -0.425 e. The molecular weight excluding hydrogens is 266 g/mol. The lowest BCUT2D eigenvalue weighted by Gasteiger charge is -2.29. The maximum absolute atomic E-state index is 13.7. The molecule has 20 heavy (non-hydrogen) atoms. The molecule has 0 unspecified atom stereocenters. The van der Waals surface area contributed by atoms with E-state index in [9.17, 15) is 13.6 Å². The van der Waals surface area contributed by atoms with E-state index in [1.165, 1.54) is 12.1 Å². The maximum Gasteiger partial charge on any atom is 0.482 e. The van der Waals surface area contributed by atoms with Crippen molar-refractivity contribution >= 4 is 5.91 Å². The van der Waals surface area contributed by atoms with E-state index in [1.807, 2.05) is 6.92 Å². The lowest BCUT2D eigenvalue weighted by atomic mass is 10.0. The number of alkyl halides is 2. The average Bonchev–Trinajstić information content (AvgIpc) is 2.39. The van der Waals surface area contributed by atoms with Gasteiger partial charge >= 0.3 is 12.0 Å². The predicted octanol–water partition coefficient (Wildman–Crippen LogP) is 1.91. The summed E-state index contributed by atoms with van der Waals surface area (Å²) in [6, 6.07) is 7.54. The van der Waals surface area contributed by atoms with Crippen LogP contribution in [-0.2, 0) is 4.79 Å². The highest BCUT2D eigenvalue weighted by molar-refractivity contribution is 5.82. The van der Waals surface area contributed by atoms with Gasteiger partial charge in [-0.3, -0.25) is 4.79 Å². The zero-order chi connectivity index (χ0) is 14.6. The molecule has 1 aliphatic heterocycles. The van der Waals surface area contributed by atoms with Crippen LogP contribution in [0.5, 0.6) is 5.75 Å². The number of piperidine rings is 1. The fourth-order valence-corrected chi connectivity index (χ4v) is 2.22. The van der Waals surface area contributed by atoms with Crippen LogP contribution < -0.4 is 15.4 Å². The number of rotatable bonds is 4. The lowest BCUT2D eigenvalue weighted by Crippen LogP contribution is -2.52. The summed E-state index contributed by atoms with van der Waals surface area (Å²) < 4.78 is 31.9. The largest absolute Gasteiger partial charge is 0.482 e. The molecule has 0 spiro atoms. The molecule has 1 fully saturated rings. The minimum absolute atomic E-state index is 0.0358. The third kappa shape index (κ3) is 3.90. The van der Waals surface area contributed by atoms with Gasteiger partial charge in [-0.25, -0.2) is 0 Å². The van der Waals surface area contributed by atoms with Gasteiger partial charge < -0.3 is 15.4 Å². The minimum atomic E-state index is -3.87. The van der Waals surface area contributed by atoms with E-state index in [0.29, 0.717) is 19.4 Å². The molecular formula is C14H18F2N2O2. The fourth-order valence-electron chi connectivity index (χ4n) is 2.22. The standard InChI is InChI=1S/C14H18F2N2O2/c1-10-9-11(7-8-17-10)18-13(19)14(15,16)20-12-5-3-2-4-6-12/h2-6,10-11,17H,7-9H2,1H3,(H,18,19)/t10-,11-/m0/s1. The van der Waals surface area contributed by atoms with Gasteiger partial charge in [-0.1, -0.05) is 18.2 Å². The monoisotopic (exact) mass is 284 g/mol. The Morgan fingerprint density at radius 2 is 2.10 bits per heavy atom. The molecule has 1 aromatic carbocycles. The number of ether oxygens (including phenoxy) is 1. The maximum atomic E-state index is 13.7. The first kappa shape index (κ1) is 14.7. The second-order valence-corrected chi connectivity index (χ2v) is 4.98. The molecule has 2 N–H and O–H groups in total. The normalized spacial score (nSPS) is 23.1. The first-order chi connectivity index (χ1) is 9.47. The van der Waals surface area contributed by atoms with Crippen molar-refractivity contribution in [2.45, 2.75) is 38.0 Å². The Balaban J connectivity index is 1.93. The number of carbonyl (C=O) groups excluding carboxylic acids is 1. The van der Waals surface area contributed by atoms with Gasteiger partial charge in [0, 0.05) is 12.1 Å². The van der Waals surface area contributed by atoms with E-state index in [0.717, 1.165) is 0 Å². The topological polar surface area (TPSA) is 50.4 Å². The van der Waals surface area contributed by atoms with Crippen LogP contribution in [0.25, 0.3) is 0 Å². The Morgan fingerprint density at radius 1 is 1.40 bits per heavy atom. The Hall–Kier alpha value is -1.69. The molecule has 0 aliphatic carbocycles. The van der Waals surface area contributed by atoms with Gasteiger partial charge in [0.05, 0.1) is 0 Å². The zero-order valence-corrected chi connectivity index (χ0v) is 11.2. The van der Waals surface area contributed by atoms with Crippen molar-refractivity contribution in [3.63, 3.8) is 0 Å². The first-order valence-corrected chi connectivity index (χ1v) is 6.63. The van der Waals surface area contributed by atoms with Crippen molar-refractivity contribution in [2.75, 3.05) is 6.54 Å². The molecule has 0 bridgehead atoms. The molecule has 110 valence electrons. The number of nitrogens with one attached hydrogen (secondary N) is 2. The Kier molecular flexibility index (Phi) is 4.54. The van der Waals surface area contributed by atoms with Crippen molar-refractivity contribution < 1.29 is 18.3 Å². The molecule has 1 heterocycles. The summed E-state index contributed by atoms with van der Waals surface area (Å²) in [6.07, 6.45) is -2.60. The molecule has 2 atom stereocenters. The molecule has 2 rings (SSSR count). The van der Waals surface area contributed by atoms with E-state index in [1.54, 1.807) is 18.2 Å². The van der Waals surface area contributed by atoms with Gasteiger partial charge in [-0.15, -0.1) is 0 Å². The Bertz CT molecular complexity index is 454. The number of carbonyl (C=O) groups is 1. The summed E-state index contributed by atoms with van der Waals surface area (Å²) in [5.74, 6) is -1.42. The summed E-state index contributed by atoms with van der Waals surface area (Å²) in [4.78, 5) is 11.6. The van der Waals surface area contributed by atoms with Crippen LogP contribution in [-0.4, -0.2) is 30.6 Å². The van der Waals surface area contributed by atoms with Crippen LogP contribution in [0.4, 0.5) is 8.78 Å². The van der Waals surface area contributed by atoms with Crippen molar-refractivity contribution in [1.82, 2.24) is 10.6 Å². The van der Waals surface area contributed by atoms with E-state index in [-0.39, 0.29) is 17.8 Å². The summed E-state index contributed by atoms with van der Waals surface area (Å²) in [6.45, 7) is 2.66. The highest BCUT2D eigenvalue weighted by atomic mass is 19.3. The van der Waals surface area contributed by atoms with E-state index in [2.05, 4.69) is 15.4 Å². The van der Waals surface area contributed by atoms with Crippen LogP contribution in [0, 0.1) is 0 Å². The number of benzene rings is 1. The van der Waals surface area contributed by atoms with Crippen LogP contribution in [0.2, 0.25) is 0 Å². The third-order valence-electron chi connectivity index (χ3n) is 3.21. The predicted molar refractivity (Wildman–Crippen MR) is 70.6 cm³/mol. The van der Waals surface area contributed by atoms with Crippen LogP contribution >= 0.6 is 0 Å². The third-order valence-corrected chi connectivity index (χ3v) is 3.21. The van der Waals surface area contributed by atoms with Gasteiger partial charge in [0.1, 0.15) is 5.75 Å². The van der Waals surface area contributed by atoms with Crippen molar-refractivity contribution in [1.29, 1.82) is 0 Å². The highest BCUT2D eigenvalue weighted by Crippen LogP contribution is 2.22. The molecule has 4 nitrogen and oxygen atoms in total. The number of para-hydroxylation sites is 1. The molecule has 0 aromatic heterocycles. The van der Waals surface area contributed by atoms with Gasteiger partial charge in [0.15, 0.2) is 0 Å². The number of hydrogen-bond acceptors (Lipinski definition) is 3. The Morgan fingerprint density at radius 3 is 2.75 bits per heavy atom. The SMILES string of the molecule is C[C@H]1C[C@@H](NC(=O)C(F)(F)Oc2ccccc2)CCN1. The summed E-state index contributed by atoms with van der Waals surface area (Å²) in [5, 5.41) is 5.55. The second kappa shape index (κ2) is 6.17. The quantitative estimate of drug-likeness (QED) is 0.888. The van der Waals surface area contributed by atoms with Crippen LogP contribution in [0.3, 0.4) is 0 Å². The zero-order valence-electron chi connectivity index (χ0n) is 11.2. The van der Waals surface area contributed by atoms with E-state index in [4.69, 9.17) is 0 Å². The first-order valence-electron chi connectivity index (χ1n) is 6.63. The smallest absolute Gasteiger partial charge is 0.425 e. The number of hydrogen-bond donors (Lipinski definition) is 2. The van der Waals surface area contributed by atoms with Crippen molar-refractivity contribution in [3.8, 4) is 5.75 Å². The van der Waals surface area contributed by atoms with Crippen molar-refractivity contribution in [3.05, 3.63) is 30.3 Å². The molecule has 1 aliphatic rings. The Labute approximate surface area is 116 Å². The molecule has 6 heteroatoms. The van der Waals surface area contributed by atoms with Gasteiger partial charge in [-0.05, 0) is 38.4 Å². The fraction of sp³-hybridized carbons (Fsp3) is 0.500. The number of halogens is 2. The molecule has 0 radical (unpaired) electrons. The number of amides is 1. The molecule has 1 amide bonds. The highest BCUT2D eigenvalue weighted by Gasteiger charge is 2.43. The van der Waals surface area contributed by atoms with E-state index < -0.39 is 12.0 Å². The van der Waals surface area contributed by atoms with Gasteiger partial charge in [0.2, 0.25) is 0 Å². The summed E-state index contributed by atoms with van der Waals surface area (Å²) >= 11 is 0. The van der Waals surface area contributed by atoms with Crippen LogP contribution in [0.1, 0.15) is 19.8 Å². The average molecular weight is 284 g/mol.